The molecule has 0 aliphatic rings. The summed E-state index contributed by atoms with van der Waals surface area (Å²) in [6, 6.07) is 8.94. The highest BCUT2D eigenvalue weighted by Crippen LogP contribution is 2.28. The minimum absolute atomic E-state index is 0.0434. The van der Waals surface area contributed by atoms with Gasteiger partial charge in [-0.15, -0.1) is 0 Å². The Hall–Kier alpha value is -2.93. The predicted octanol–water partition coefficient (Wildman–Crippen LogP) is 4.28. The molecule has 0 aliphatic carbocycles. The number of amides is 2. The van der Waals surface area contributed by atoms with E-state index in [-0.39, 0.29) is 11.8 Å². The molecule has 128 valence electrons. The van der Waals surface area contributed by atoms with E-state index in [0.717, 1.165) is 16.6 Å². The maximum Gasteiger partial charge on any atom is 0.248 e. The summed E-state index contributed by atoms with van der Waals surface area (Å²) in [5.74, 6) is 0.315. The Morgan fingerprint density at radius 3 is 2.92 bits per heavy atom. The first-order valence-corrected chi connectivity index (χ1v) is 8.68. The second-order valence-electron chi connectivity index (χ2n) is 5.34. The van der Waals surface area contributed by atoms with Gasteiger partial charge >= 0.3 is 0 Å². The Bertz CT molecular complexity index is 913. The van der Waals surface area contributed by atoms with Crippen LogP contribution in [-0.4, -0.2) is 16.8 Å². The van der Waals surface area contributed by atoms with Gasteiger partial charge in [0.05, 0.1) is 16.5 Å². The van der Waals surface area contributed by atoms with Crippen LogP contribution in [0.1, 0.15) is 25.5 Å². The molecule has 1 aromatic carbocycles. The van der Waals surface area contributed by atoms with Crippen molar-refractivity contribution in [3.05, 3.63) is 48.4 Å². The molecule has 0 atom stereocenters. The molecule has 0 saturated carbocycles. The molecule has 0 radical (unpaired) electrons. The SMILES string of the molecule is CCCC(=O)Nc1nc2ccc(NC(=O)/C=C/c3ccco3)cc2s1. The van der Waals surface area contributed by atoms with Crippen LogP contribution in [0, 0.1) is 0 Å². The van der Waals surface area contributed by atoms with Gasteiger partial charge in [-0.05, 0) is 42.8 Å². The number of fused-ring (bicyclic) bond motifs is 1. The molecule has 3 aromatic rings. The number of carbonyl (C=O) groups is 2. The zero-order chi connectivity index (χ0) is 17.6. The van der Waals surface area contributed by atoms with Crippen LogP contribution in [0.2, 0.25) is 0 Å². The number of anilines is 2. The van der Waals surface area contributed by atoms with E-state index in [9.17, 15) is 9.59 Å². The Labute approximate surface area is 148 Å². The zero-order valence-corrected chi connectivity index (χ0v) is 14.4. The lowest BCUT2D eigenvalue weighted by Crippen LogP contribution is -2.09. The van der Waals surface area contributed by atoms with Crippen molar-refractivity contribution in [1.29, 1.82) is 0 Å². The second kappa shape index (κ2) is 7.76. The lowest BCUT2D eigenvalue weighted by atomic mass is 10.3. The molecule has 2 aromatic heterocycles. The molecular formula is C18H17N3O3S. The largest absolute Gasteiger partial charge is 0.465 e. The van der Waals surface area contributed by atoms with Crippen molar-refractivity contribution in [3.8, 4) is 0 Å². The van der Waals surface area contributed by atoms with Crippen LogP contribution < -0.4 is 10.6 Å². The van der Waals surface area contributed by atoms with Crippen molar-refractivity contribution in [2.24, 2.45) is 0 Å². The fraction of sp³-hybridized carbons (Fsp3) is 0.167. The molecule has 2 N–H and O–H groups in total. The van der Waals surface area contributed by atoms with Crippen molar-refractivity contribution >= 4 is 50.3 Å². The van der Waals surface area contributed by atoms with Gasteiger partial charge in [0, 0.05) is 18.2 Å². The van der Waals surface area contributed by atoms with Gasteiger partial charge in [0.25, 0.3) is 0 Å². The van der Waals surface area contributed by atoms with Gasteiger partial charge in [-0.2, -0.15) is 0 Å². The number of nitrogens with one attached hydrogen (secondary N) is 2. The van der Waals surface area contributed by atoms with E-state index >= 15 is 0 Å². The van der Waals surface area contributed by atoms with Gasteiger partial charge in [0.1, 0.15) is 5.76 Å². The molecule has 6 nitrogen and oxygen atoms in total. The third-order valence-corrected chi connectivity index (χ3v) is 4.26. The zero-order valence-electron chi connectivity index (χ0n) is 13.6. The van der Waals surface area contributed by atoms with E-state index in [4.69, 9.17) is 4.42 Å². The Balaban J connectivity index is 1.68. The third-order valence-electron chi connectivity index (χ3n) is 3.32. The number of furan rings is 1. The van der Waals surface area contributed by atoms with Gasteiger partial charge in [-0.25, -0.2) is 4.98 Å². The molecule has 0 saturated heterocycles. The molecule has 3 rings (SSSR count). The number of thiazole rings is 1. The topological polar surface area (TPSA) is 84.2 Å². The number of hydrogen-bond acceptors (Lipinski definition) is 5. The smallest absolute Gasteiger partial charge is 0.248 e. The van der Waals surface area contributed by atoms with Crippen LogP contribution in [0.5, 0.6) is 0 Å². The number of rotatable bonds is 6. The minimum Gasteiger partial charge on any atom is -0.465 e. The van der Waals surface area contributed by atoms with E-state index in [1.54, 1.807) is 30.5 Å². The quantitative estimate of drug-likeness (QED) is 0.646. The first-order chi connectivity index (χ1) is 12.1. The molecule has 0 aliphatic heterocycles. The Morgan fingerprint density at radius 1 is 1.28 bits per heavy atom. The molecule has 0 unspecified atom stereocenters. The standard InChI is InChI=1S/C18H17N3O3S/c1-2-4-16(22)21-18-20-14-8-6-12(11-15(14)25-18)19-17(23)9-7-13-5-3-10-24-13/h3,5-11H,2,4H2,1H3,(H,19,23)(H,20,21,22)/b9-7+. The first kappa shape index (κ1) is 16.9. The summed E-state index contributed by atoms with van der Waals surface area (Å²) in [6.45, 7) is 1.95. The molecule has 25 heavy (non-hydrogen) atoms. The summed E-state index contributed by atoms with van der Waals surface area (Å²) in [6.07, 6.45) is 5.82. The van der Waals surface area contributed by atoms with Gasteiger partial charge in [0.2, 0.25) is 11.8 Å². The monoisotopic (exact) mass is 355 g/mol. The highest BCUT2D eigenvalue weighted by Gasteiger charge is 2.08. The van der Waals surface area contributed by atoms with Crippen LogP contribution in [0.4, 0.5) is 10.8 Å². The summed E-state index contributed by atoms with van der Waals surface area (Å²) in [7, 11) is 0. The average Bonchev–Trinajstić information content (AvgIpc) is 3.21. The predicted molar refractivity (Wildman–Crippen MR) is 99.5 cm³/mol. The Morgan fingerprint density at radius 2 is 2.16 bits per heavy atom. The molecule has 0 bridgehead atoms. The van der Waals surface area contributed by atoms with Crippen LogP contribution in [-0.2, 0) is 9.59 Å². The maximum absolute atomic E-state index is 12.0. The summed E-state index contributed by atoms with van der Waals surface area (Å²) in [5.41, 5.74) is 1.44. The number of hydrogen-bond donors (Lipinski definition) is 2. The number of nitrogens with zero attached hydrogens (tertiary/aromatic N) is 1. The van der Waals surface area contributed by atoms with Crippen molar-refractivity contribution in [3.63, 3.8) is 0 Å². The molecular weight excluding hydrogens is 338 g/mol. The van der Waals surface area contributed by atoms with Gasteiger partial charge in [0.15, 0.2) is 5.13 Å². The lowest BCUT2D eigenvalue weighted by Gasteiger charge is -2.01. The van der Waals surface area contributed by atoms with Crippen molar-refractivity contribution in [2.45, 2.75) is 19.8 Å². The summed E-state index contributed by atoms with van der Waals surface area (Å²) in [4.78, 5) is 28.0. The summed E-state index contributed by atoms with van der Waals surface area (Å²) in [5, 5.41) is 6.14. The molecule has 0 fully saturated rings. The first-order valence-electron chi connectivity index (χ1n) is 7.87. The van der Waals surface area contributed by atoms with E-state index in [0.29, 0.717) is 23.0 Å². The van der Waals surface area contributed by atoms with Crippen LogP contribution in [0.25, 0.3) is 16.3 Å². The molecule has 7 heteroatoms. The Kier molecular flexibility index (Phi) is 5.25. The average molecular weight is 355 g/mol. The van der Waals surface area contributed by atoms with Crippen molar-refractivity contribution < 1.29 is 14.0 Å². The highest BCUT2D eigenvalue weighted by atomic mass is 32.1. The van der Waals surface area contributed by atoms with Crippen LogP contribution in [0.15, 0.2) is 47.1 Å². The van der Waals surface area contributed by atoms with Crippen molar-refractivity contribution in [1.82, 2.24) is 4.98 Å². The lowest BCUT2D eigenvalue weighted by molar-refractivity contribution is -0.116. The maximum atomic E-state index is 12.0. The second-order valence-corrected chi connectivity index (χ2v) is 6.37. The van der Waals surface area contributed by atoms with E-state index in [1.807, 2.05) is 19.1 Å². The fourth-order valence-electron chi connectivity index (χ4n) is 2.19. The van der Waals surface area contributed by atoms with Gasteiger partial charge in [-0.3, -0.25) is 9.59 Å². The van der Waals surface area contributed by atoms with Crippen LogP contribution >= 0.6 is 11.3 Å². The number of aromatic nitrogens is 1. The molecule has 0 spiro atoms. The number of benzene rings is 1. The van der Waals surface area contributed by atoms with Crippen LogP contribution in [0.3, 0.4) is 0 Å². The molecule has 2 heterocycles. The fourth-order valence-corrected chi connectivity index (χ4v) is 3.11. The number of carbonyl (C=O) groups excluding carboxylic acids is 2. The molecule has 2 amide bonds. The highest BCUT2D eigenvalue weighted by molar-refractivity contribution is 7.22. The van der Waals surface area contributed by atoms with E-state index in [2.05, 4.69) is 15.6 Å². The van der Waals surface area contributed by atoms with Gasteiger partial charge < -0.3 is 15.1 Å². The van der Waals surface area contributed by atoms with Crippen molar-refractivity contribution in [2.75, 3.05) is 10.6 Å². The summed E-state index contributed by atoms with van der Waals surface area (Å²) >= 11 is 1.38. The normalized spacial score (nSPS) is 11.1. The van der Waals surface area contributed by atoms with E-state index in [1.165, 1.54) is 17.4 Å². The van der Waals surface area contributed by atoms with Gasteiger partial charge in [-0.1, -0.05) is 18.3 Å². The summed E-state index contributed by atoms with van der Waals surface area (Å²) < 4.78 is 6.02. The minimum atomic E-state index is -0.253. The van der Waals surface area contributed by atoms with E-state index < -0.39 is 0 Å². The third kappa shape index (κ3) is 4.54.